The van der Waals surface area contributed by atoms with Crippen molar-refractivity contribution in [1.29, 1.82) is 0 Å². The molecule has 5 heteroatoms. The van der Waals surface area contributed by atoms with Crippen molar-refractivity contribution in [3.63, 3.8) is 0 Å². The van der Waals surface area contributed by atoms with Gasteiger partial charge in [0.1, 0.15) is 0 Å². The lowest BCUT2D eigenvalue weighted by atomic mass is 10.2. The third-order valence-electron chi connectivity index (χ3n) is 3.69. The average Bonchev–Trinajstić information content (AvgIpc) is 2.82. The van der Waals surface area contributed by atoms with Crippen LogP contribution in [0.15, 0.2) is 12.3 Å². The summed E-state index contributed by atoms with van der Waals surface area (Å²) >= 11 is 0. The van der Waals surface area contributed by atoms with E-state index in [1.165, 1.54) is 19.3 Å². The van der Waals surface area contributed by atoms with Crippen molar-refractivity contribution in [3.8, 4) is 0 Å². The van der Waals surface area contributed by atoms with E-state index in [9.17, 15) is 5.11 Å². The summed E-state index contributed by atoms with van der Waals surface area (Å²) < 4.78 is 2.03. The van der Waals surface area contributed by atoms with Crippen molar-refractivity contribution >= 4 is 5.78 Å². The number of aryl methyl sites for hydroxylation is 2. The lowest BCUT2D eigenvalue weighted by Gasteiger charge is -2.19. The summed E-state index contributed by atoms with van der Waals surface area (Å²) in [6, 6.07) is 2.06. The molecule has 0 radical (unpaired) electrons. The lowest BCUT2D eigenvalue weighted by molar-refractivity contribution is 0.186. The highest BCUT2D eigenvalue weighted by molar-refractivity contribution is 5.34. The van der Waals surface area contributed by atoms with Crippen molar-refractivity contribution in [2.75, 3.05) is 19.7 Å². The third kappa shape index (κ3) is 4.25. The van der Waals surface area contributed by atoms with Crippen molar-refractivity contribution in [2.24, 2.45) is 0 Å². The van der Waals surface area contributed by atoms with Gasteiger partial charge in [-0.25, -0.2) is 9.97 Å². The zero-order chi connectivity index (χ0) is 15.2. The van der Waals surface area contributed by atoms with Crippen LogP contribution in [0.2, 0.25) is 0 Å². The Bertz CT molecular complexity index is 579. The number of rotatable bonds is 8. The standard InChI is InChI=1S/C16H26N4O/c1-4-5-6-7-19(8-9-21)11-15-12-20-14(3)10-13(2)17-16(20)18-15/h10,12,21H,4-9,11H2,1-3H3. The quantitative estimate of drug-likeness (QED) is 0.758. The van der Waals surface area contributed by atoms with Gasteiger partial charge in [-0.2, -0.15) is 0 Å². The van der Waals surface area contributed by atoms with Crippen molar-refractivity contribution in [1.82, 2.24) is 19.3 Å². The number of unbranched alkanes of at least 4 members (excludes halogenated alkanes) is 2. The van der Waals surface area contributed by atoms with Crippen LogP contribution >= 0.6 is 0 Å². The van der Waals surface area contributed by atoms with Crippen molar-refractivity contribution in [2.45, 2.75) is 46.6 Å². The van der Waals surface area contributed by atoms with Gasteiger partial charge in [0.25, 0.3) is 0 Å². The Morgan fingerprint density at radius 3 is 2.71 bits per heavy atom. The number of imidazole rings is 1. The Morgan fingerprint density at radius 2 is 2.00 bits per heavy atom. The van der Waals surface area contributed by atoms with Gasteiger partial charge in [-0.15, -0.1) is 0 Å². The summed E-state index contributed by atoms with van der Waals surface area (Å²) in [5.41, 5.74) is 3.16. The van der Waals surface area contributed by atoms with E-state index in [0.29, 0.717) is 6.54 Å². The van der Waals surface area contributed by atoms with Gasteiger partial charge in [0.2, 0.25) is 5.78 Å². The fourth-order valence-corrected chi connectivity index (χ4v) is 2.62. The highest BCUT2D eigenvalue weighted by Crippen LogP contribution is 2.11. The van der Waals surface area contributed by atoms with Gasteiger partial charge in [-0.3, -0.25) is 9.30 Å². The van der Waals surface area contributed by atoms with Crippen molar-refractivity contribution in [3.05, 3.63) is 29.3 Å². The van der Waals surface area contributed by atoms with E-state index in [1.807, 2.05) is 11.3 Å². The average molecular weight is 290 g/mol. The first-order valence-corrected chi connectivity index (χ1v) is 7.79. The maximum atomic E-state index is 9.21. The summed E-state index contributed by atoms with van der Waals surface area (Å²) in [5.74, 6) is 0.764. The molecule has 0 saturated carbocycles. The van der Waals surface area contributed by atoms with Gasteiger partial charge in [-0.1, -0.05) is 19.8 Å². The fraction of sp³-hybridized carbons (Fsp3) is 0.625. The second-order valence-electron chi connectivity index (χ2n) is 5.65. The molecule has 0 aliphatic carbocycles. The maximum Gasteiger partial charge on any atom is 0.234 e. The smallest absolute Gasteiger partial charge is 0.234 e. The number of fused-ring (bicyclic) bond motifs is 1. The molecular formula is C16H26N4O. The molecule has 21 heavy (non-hydrogen) atoms. The van der Waals surface area contributed by atoms with Gasteiger partial charge in [0.15, 0.2) is 0 Å². The zero-order valence-corrected chi connectivity index (χ0v) is 13.3. The highest BCUT2D eigenvalue weighted by Gasteiger charge is 2.10. The van der Waals surface area contributed by atoms with Crippen molar-refractivity contribution < 1.29 is 5.11 Å². The van der Waals surface area contributed by atoms with E-state index >= 15 is 0 Å². The molecule has 2 aromatic heterocycles. The summed E-state index contributed by atoms with van der Waals surface area (Å²) in [6.45, 7) is 8.93. The summed E-state index contributed by atoms with van der Waals surface area (Å²) in [6.07, 6.45) is 5.66. The molecule has 0 atom stereocenters. The molecule has 0 aliphatic heterocycles. The molecular weight excluding hydrogens is 264 g/mol. The molecule has 2 heterocycles. The predicted molar refractivity (Wildman–Crippen MR) is 84.3 cm³/mol. The Labute approximate surface area is 126 Å². The minimum absolute atomic E-state index is 0.190. The predicted octanol–water partition coefficient (Wildman–Crippen LogP) is 2.33. The first-order valence-electron chi connectivity index (χ1n) is 7.79. The third-order valence-corrected chi connectivity index (χ3v) is 3.69. The largest absolute Gasteiger partial charge is 0.395 e. The highest BCUT2D eigenvalue weighted by atomic mass is 16.3. The van der Waals surface area contributed by atoms with Crippen LogP contribution < -0.4 is 0 Å². The van der Waals surface area contributed by atoms with Crippen LogP contribution in [0.5, 0.6) is 0 Å². The Morgan fingerprint density at radius 1 is 1.19 bits per heavy atom. The molecule has 0 aliphatic rings. The molecule has 0 spiro atoms. The molecule has 0 aromatic carbocycles. The fourth-order valence-electron chi connectivity index (χ4n) is 2.62. The number of hydrogen-bond donors (Lipinski definition) is 1. The molecule has 0 fully saturated rings. The van der Waals surface area contributed by atoms with Crippen LogP contribution in [0.3, 0.4) is 0 Å². The normalized spacial score (nSPS) is 11.7. The monoisotopic (exact) mass is 290 g/mol. The van der Waals surface area contributed by atoms with E-state index in [4.69, 9.17) is 0 Å². The summed E-state index contributed by atoms with van der Waals surface area (Å²) in [7, 11) is 0. The molecule has 0 saturated heterocycles. The molecule has 2 aromatic rings. The van der Waals surface area contributed by atoms with Gasteiger partial charge < -0.3 is 5.11 Å². The molecule has 0 unspecified atom stereocenters. The second kappa shape index (κ2) is 7.52. The maximum absolute atomic E-state index is 9.21. The van der Waals surface area contributed by atoms with Crippen LogP contribution in [0.4, 0.5) is 0 Å². The number of aliphatic hydroxyl groups is 1. The Balaban J connectivity index is 2.10. The van der Waals surface area contributed by atoms with E-state index in [0.717, 1.165) is 35.9 Å². The first-order chi connectivity index (χ1) is 10.1. The van der Waals surface area contributed by atoms with Gasteiger partial charge in [0.05, 0.1) is 12.3 Å². The van der Waals surface area contributed by atoms with E-state index in [1.54, 1.807) is 0 Å². The topological polar surface area (TPSA) is 53.7 Å². The second-order valence-corrected chi connectivity index (χ2v) is 5.65. The molecule has 2 rings (SSSR count). The van der Waals surface area contributed by atoms with Crippen LogP contribution in [0, 0.1) is 13.8 Å². The van der Waals surface area contributed by atoms with Gasteiger partial charge >= 0.3 is 0 Å². The molecule has 116 valence electrons. The van der Waals surface area contributed by atoms with E-state index < -0.39 is 0 Å². The zero-order valence-electron chi connectivity index (χ0n) is 13.3. The number of nitrogens with zero attached hydrogens (tertiary/aromatic N) is 4. The number of aromatic nitrogens is 3. The first kappa shape index (κ1) is 15.9. The summed E-state index contributed by atoms with van der Waals surface area (Å²) in [4.78, 5) is 11.3. The van der Waals surface area contributed by atoms with Crippen LogP contribution in [0.25, 0.3) is 5.78 Å². The minimum atomic E-state index is 0.190. The van der Waals surface area contributed by atoms with Crippen LogP contribution in [-0.4, -0.2) is 44.1 Å². The number of hydrogen-bond acceptors (Lipinski definition) is 4. The SMILES string of the molecule is CCCCCN(CCO)Cc1cn2c(C)cc(C)nc2n1. The molecule has 1 N–H and O–H groups in total. The summed E-state index contributed by atoms with van der Waals surface area (Å²) in [5, 5.41) is 9.21. The Kier molecular flexibility index (Phi) is 5.70. The molecule has 0 bridgehead atoms. The molecule has 0 amide bonds. The van der Waals surface area contributed by atoms with Gasteiger partial charge in [-0.05, 0) is 32.9 Å². The van der Waals surface area contributed by atoms with E-state index in [-0.39, 0.29) is 6.61 Å². The van der Waals surface area contributed by atoms with Gasteiger partial charge in [0, 0.05) is 30.7 Å². The van der Waals surface area contributed by atoms with E-state index in [2.05, 4.69) is 41.0 Å². The molecule has 5 nitrogen and oxygen atoms in total. The number of aliphatic hydroxyl groups excluding tert-OH is 1. The van der Waals surface area contributed by atoms with Crippen LogP contribution in [-0.2, 0) is 6.54 Å². The minimum Gasteiger partial charge on any atom is -0.395 e. The lowest BCUT2D eigenvalue weighted by Crippen LogP contribution is -2.27. The van der Waals surface area contributed by atoms with Crippen LogP contribution in [0.1, 0.15) is 43.3 Å². The Hall–Kier alpha value is -1.46.